The number of hydrogen-bond donors (Lipinski definition) is 1. The molecule has 9 heavy (non-hydrogen) atoms. The van der Waals surface area contributed by atoms with Crippen molar-refractivity contribution >= 4 is 0 Å². The Morgan fingerprint density at radius 3 is 3.11 bits per heavy atom. The number of aliphatic hydroxyl groups is 1. The number of fused-ring (bicyclic) bond motifs is 1. The summed E-state index contributed by atoms with van der Waals surface area (Å²) in [4.78, 5) is 0. The van der Waals surface area contributed by atoms with E-state index in [2.05, 4.69) is 6.07 Å². The monoisotopic (exact) mass is 119 g/mol. The van der Waals surface area contributed by atoms with Crippen molar-refractivity contribution in [2.24, 2.45) is 0 Å². The summed E-state index contributed by atoms with van der Waals surface area (Å²) in [5.74, 6) is 0. The molecule has 0 amide bonds. The lowest BCUT2D eigenvalue weighted by Gasteiger charge is -2.24. The minimum absolute atomic E-state index is 0.211. The van der Waals surface area contributed by atoms with Crippen LogP contribution >= 0.6 is 0 Å². The summed E-state index contributed by atoms with van der Waals surface area (Å²) >= 11 is 0. The topological polar surface area (TPSA) is 20.2 Å². The first-order valence-corrected chi connectivity index (χ1v) is 3.05. The van der Waals surface area contributed by atoms with Crippen LogP contribution in [-0.4, -0.2) is 5.11 Å². The third-order valence-electron chi connectivity index (χ3n) is 1.73. The standard InChI is InChI=1S/C8H7O/c9-8-5-6-3-1-2-4-7(6)8/h1-2,4,8-9H,5H2. The van der Waals surface area contributed by atoms with Crippen molar-refractivity contribution in [1.29, 1.82) is 0 Å². The lowest BCUT2D eigenvalue weighted by Crippen LogP contribution is -2.15. The van der Waals surface area contributed by atoms with Gasteiger partial charge in [0.2, 0.25) is 0 Å². The molecule has 0 aliphatic heterocycles. The van der Waals surface area contributed by atoms with Gasteiger partial charge in [0.1, 0.15) is 0 Å². The molecule has 0 aromatic heterocycles. The van der Waals surface area contributed by atoms with E-state index < -0.39 is 0 Å². The SMILES string of the molecule is OC1Cc2[c]cccc21. The average Bonchev–Trinajstić information content (AvgIpc) is 1.86. The third-order valence-corrected chi connectivity index (χ3v) is 1.73. The van der Waals surface area contributed by atoms with Gasteiger partial charge in [-0.3, -0.25) is 0 Å². The molecular formula is C8H7O. The molecule has 0 fully saturated rings. The molecule has 0 bridgehead atoms. The molecule has 1 aliphatic rings. The largest absolute Gasteiger partial charge is 0.388 e. The second-order valence-corrected chi connectivity index (χ2v) is 2.32. The molecule has 45 valence electrons. The average molecular weight is 119 g/mol. The van der Waals surface area contributed by atoms with Crippen LogP contribution in [0.15, 0.2) is 18.2 Å². The summed E-state index contributed by atoms with van der Waals surface area (Å²) in [6.07, 6.45) is 0.577. The predicted octanol–water partition coefficient (Wildman–Crippen LogP) is 1.08. The van der Waals surface area contributed by atoms with Crippen LogP contribution in [0.1, 0.15) is 17.2 Å². The van der Waals surface area contributed by atoms with Crippen LogP contribution in [-0.2, 0) is 6.42 Å². The first kappa shape index (κ1) is 5.00. The van der Waals surface area contributed by atoms with Crippen LogP contribution in [0.4, 0.5) is 0 Å². The van der Waals surface area contributed by atoms with E-state index >= 15 is 0 Å². The summed E-state index contributed by atoms with van der Waals surface area (Å²) in [5, 5.41) is 9.08. The van der Waals surface area contributed by atoms with Crippen LogP contribution in [0.3, 0.4) is 0 Å². The number of rotatable bonds is 0. The van der Waals surface area contributed by atoms with E-state index in [4.69, 9.17) is 5.11 Å². The van der Waals surface area contributed by atoms with E-state index in [1.807, 2.05) is 18.2 Å². The Hall–Kier alpha value is -0.820. The van der Waals surface area contributed by atoms with Crippen molar-refractivity contribution < 1.29 is 5.11 Å². The lowest BCUT2D eigenvalue weighted by molar-refractivity contribution is 0.153. The van der Waals surface area contributed by atoms with Gasteiger partial charge >= 0.3 is 0 Å². The summed E-state index contributed by atoms with van der Waals surface area (Å²) < 4.78 is 0. The molecule has 0 saturated heterocycles. The van der Waals surface area contributed by atoms with Gasteiger partial charge in [0, 0.05) is 6.42 Å². The van der Waals surface area contributed by atoms with Crippen molar-refractivity contribution in [2.45, 2.75) is 12.5 Å². The van der Waals surface area contributed by atoms with Crippen LogP contribution in [0.2, 0.25) is 0 Å². The quantitative estimate of drug-likeness (QED) is 0.541. The maximum atomic E-state index is 9.08. The Kier molecular flexibility index (Phi) is 0.878. The molecule has 1 heteroatoms. The first-order valence-electron chi connectivity index (χ1n) is 3.05. The van der Waals surface area contributed by atoms with Gasteiger partial charge in [-0.1, -0.05) is 18.2 Å². The number of benzene rings is 1. The van der Waals surface area contributed by atoms with Crippen molar-refractivity contribution in [1.82, 2.24) is 0 Å². The maximum absolute atomic E-state index is 9.08. The zero-order valence-corrected chi connectivity index (χ0v) is 4.96. The minimum atomic E-state index is -0.211. The molecule has 1 radical (unpaired) electrons. The zero-order chi connectivity index (χ0) is 6.27. The summed E-state index contributed by atoms with van der Waals surface area (Å²) in [6.45, 7) is 0. The molecule has 1 aromatic rings. The van der Waals surface area contributed by atoms with Gasteiger partial charge in [0.05, 0.1) is 6.10 Å². The normalized spacial score (nSPS) is 22.6. The Morgan fingerprint density at radius 2 is 2.56 bits per heavy atom. The highest BCUT2D eigenvalue weighted by atomic mass is 16.3. The minimum Gasteiger partial charge on any atom is -0.388 e. The van der Waals surface area contributed by atoms with Crippen molar-refractivity contribution in [3.8, 4) is 0 Å². The zero-order valence-electron chi connectivity index (χ0n) is 4.96. The van der Waals surface area contributed by atoms with Gasteiger partial charge in [0.25, 0.3) is 0 Å². The van der Waals surface area contributed by atoms with E-state index in [9.17, 15) is 0 Å². The third kappa shape index (κ3) is 0.583. The van der Waals surface area contributed by atoms with E-state index in [1.165, 1.54) is 5.56 Å². The van der Waals surface area contributed by atoms with E-state index in [1.54, 1.807) is 0 Å². The molecule has 1 N–H and O–H groups in total. The van der Waals surface area contributed by atoms with Gasteiger partial charge in [-0.05, 0) is 17.2 Å². The maximum Gasteiger partial charge on any atom is 0.0833 e. The summed E-state index contributed by atoms with van der Waals surface area (Å²) in [7, 11) is 0. The van der Waals surface area contributed by atoms with E-state index in [0.29, 0.717) is 0 Å². The molecule has 1 aliphatic carbocycles. The molecule has 2 rings (SSSR count). The van der Waals surface area contributed by atoms with Crippen LogP contribution < -0.4 is 0 Å². The Labute approximate surface area is 53.9 Å². The molecular weight excluding hydrogens is 112 g/mol. The number of aliphatic hydroxyl groups excluding tert-OH is 1. The Bertz CT molecular complexity index is 230. The van der Waals surface area contributed by atoms with Crippen LogP contribution in [0, 0.1) is 6.07 Å². The fourth-order valence-corrected chi connectivity index (χ4v) is 1.15. The number of hydrogen-bond acceptors (Lipinski definition) is 1. The highest BCUT2D eigenvalue weighted by molar-refractivity contribution is 5.36. The molecule has 0 saturated carbocycles. The Balaban J connectivity index is 2.51. The van der Waals surface area contributed by atoms with Gasteiger partial charge in [-0.2, -0.15) is 0 Å². The molecule has 1 atom stereocenters. The summed E-state index contributed by atoms with van der Waals surface area (Å²) in [5.41, 5.74) is 2.22. The molecule has 0 spiro atoms. The molecule has 0 heterocycles. The first-order chi connectivity index (χ1) is 4.38. The highest BCUT2D eigenvalue weighted by Crippen LogP contribution is 2.31. The molecule has 1 nitrogen and oxygen atoms in total. The van der Waals surface area contributed by atoms with Crippen molar-refractivity contribution in [3.63, 3.8) is 0 Å². The predicted molar refractivity (Wildman–Crippen MR) is 33.9 cm³/mol. The van der Waals surface area contributed by atoms with Crippen molar-refractivity contribution in [2.75, 3.05) is 0 Å². The summed E-state index contributed by atoms with van der Waals surface area (Å²) in [6, 6.07) is 8.78. The lowest BCUT2D eigenvalue weighted by atomic mass is 9.86. The van der Waals surface area contributed by atoms with Gasteiger partial charge in [-0.25, -0.2) is 0 Å². The van der Waals surface area contributed by atoms with E-state index in [-0.39, 0.29) is 6.10 Å². The van der Waals surface area contributed by atoms with Crippen LogP contribution in [0.25, 0.3) is 0 Å². The van der Waals surface area contributed by atoms with Crippen LogP contribution in [0.5, 0.6) is 0 Å². The van der Waals surface area contributed by atoms with Gasteiger partial charge in [-0.15, -0.1) is 0 Å². The highest BCUT2D eigenvalue weighted by Gasteiger charge is 2.22. The second-order valence-electron chi connectivity index (χ2n) is 2.32. The fourth-order valence-electron chi connectivity index (χ4n) is 1.15. The molecule has 1 unspecified atom stereocenters. The van der Waals surface area contributed by atoms with E-state index in [0.717, 1.165) is 12.0 Å². The Morgan fingerprint density at radius 1 is 1.67 bits per heavy atom. The smallest absolute Gasteiger partial charge is 0.0833 e. The van der Waals surface area contributed by atoms with Crippen molar-refractivity contribution in [3.05, 3.63) is 35.4 Å². The van der Waals surface area contributed by atoms with Gasteiger partial charge < -0.3 is 5.11 Å². The van der Waals surface area contributed by atoms with Gasteiger partial charge in [0.15, 0.2) is 0 Å². The molecule has 1 aromatic carbocycles. The second kappa shape index (κ2) is 1.58. The fraction of sp³-hybridized carbons (Fsp3) is 0.250.